The second kappa shape index (κ2) is 5.63. The minimum atomic E-state index is 0.596. The molecule has 1 nitrogen and oxygen atoms in total. The molecule has 0 aromatic heterocycles. The van der Waals surface area contributed by atoms with Crippen LogP contribution in [-0.4, -0.2) is 28.5 Å². The van der Waals surface area contributed by atoms with Crippen LogP contribution in [0.3, 0.4) is 0 Å². The van der Waals surface area contributed by atoms with Crippen molar-refractivity contribution in [3.05, 3.63) is 35.9 Å². The van der Waals surface area contributed by atoms with Gasteiger partial charge in [0.15, 0.2) is 0 Å². The number of fused-ring (bicyclic) bond motifs is 3. The molecule has 3 fully saturated rings. The molecule has 2 bridgehead atoms. The van der Waals surface area contributed by atoms with Crippen molar-refractivity contribution in [1.82, 2.24) is 4.90 Å². The van der Waals surface area contributed by atoms with Gasteiger partial charge >= 0.3 is 0 Å². The summed E-state index contributed by atoms with van der Waals surface area (Å²) in [5.74, 6) is 8.31. The van der Waals surface area contributed by atoms with Gasteiger partial charge in [-0.2, -0.15) is 0 Å². The van der Waals surface area contributed by atoms with E-state index < -0.39 is 0 Å². The maximum absolute atomic E-state index is 3.52. The molecular formula is C16H18IN. The number of benzene rings is 1. The van der Waals surface area contributed by atoms with Crippen LogP contribution in [0.2, 0.25) is 0 Å². The Morgan fingerprint density at radius 1 is 1.28 bits per heavy atom. The van der Waals surface area contributed by atoms with E-state index >= 15 is 0 Å². The Morgan fingerprint density at radius 3 is 2.78 bits per heavy atom. The monoisotopic (exact) mass is 351 g/mol. The Morgan fingerprint density at radius 2 is 2.11 bits per heavy atom. The molecule has 0 N–H and O–H groups in total. The largest absolute Gasteiger partial charge is 0.298 e. The van der Waals surface area contributed by atoms with Gasteiger partial charge in [-0.1, -0.05) is 52.6 Å². The Kier molecular flexibility index (Phi) is 3.91. The summed E-state index contributed by atoms with van der Waals surface area (Å²) in [7, 11) is 0. The van der Waals surface area contributed by atoms with Crippen LogP contribution in [0.25, 0.3) is 0 Å². The van der Waals surface area contributed by atoms with E-state index in [9.17, 15) is 0 Å². The lowest BCUT2D eigenvalue weighted by Crippen LogP contribution is -2.53. The summed E-state index contributed by atoms with van der Waals surface area (Å²) in [6, 6.07) is 11.2. The molecule has 0 amide bonds. The highest BCUT2D eigenvalue weighted by molar-refractivity contribution is 14.1. The number of hydrogen-bond acceptors (Lipinski definition) is 1. The zero-order valence-corrected chi connectivity index (χ0v) is 12.6. The van der Waals surface area contributed by atoms with E-state index in [1.807, 2.05) is 6.07 Å². The molecule has 0 saturated carbocycles. The van der Waals surface area contributed by atoms with Gasteiger partial charge in [-0.15, -0.1) is 0 Å². The van der Waals surface area contributed by atoms with Crippen molar-refractivity contribution in [3.63, 3.8) is 0 Å². The lowest BCUT2D eigenvalue weighted by molar-refractivity contribution is 0.0346. The highest BCUT2D eigenvalue weighted by Gasteiger charge is 2.38. The molecule has 0 radical (unpaired) electrons. The molecular weight excluding hydrogens is 333 g/mol. The summed E-state index contributed by atoms with van der Waals surface area (Å²) < 4.78 is 1.27. The van der Waals surface area contributed by atoms with Gasteiger partial charge in [-0.25, -0.2) is 0 Å². The van der Waals surface area contributed by atoms with Crippen molar-refractivity contribution >= 4 is 22.6 Å². The Hall–Kier alpha value is -0.530. The van der Waals surface area contributed by atoms with Crippen molar-refractivity contribution in [2.75, 3.05) is 17.5 Å². The molecule has 3 saturated heterocycles. The summed E-state index contributed by atoms with van der Waals surface area (Å²) in [6.07, 6.45) is 2.71. The number of hydrogen-bond donors (Lipinski definition) is 0. The number of alkyl halides is 1. The fraction of sp³-hybridized carbons (Fsp3) is 0.500. The molecule has 18 heavy (non-hydrogen) atoms. The van der Waals surface area contributed by atoms with Gasteiger partial charge < -0.3 is 0 Å². The van der Waals surface area contributed by atoms with Gasteiger partial charge in [-0.3, -0.25) is 4.90 Å². The summed E-state index contributed by atoms with van der Waals surface area (Å²) in [4.78, 5) is 2.65. The van der Waals surface area contributed by atoms with Crippen molar-refractivity contribution in [3.8, 4) is 11.8 Å². The molecule has 3 aliphatic heterocycles. The minimum Gasteiger partial charge on any atom is -0.298 e. The molecule has 94 valence electrons. The number of piperidine rings is 3. The smallest absolute Gasteiger partial charge is 0.0363 e. The molecule has 4 rings (SSSR count). The molecule has 1 unspecified atom stereocenters. The molecule has 3 heterocycles. The zero-order valence-electron chi connectivity index (χ0n) is 10.5. The van der Waals surface area contributed by atoms with Crippen LogP contribution in [0.4, 0.5) is 0 Å². The quantitative estimate of drug-likeness (QED) is 0.427. The van der Waals surface area contributed by atoms with Crippen LogP contribution >= 0.6 is 22.6 Å². The van der Waals surface area contributed by atoms with Crippen LogP contribution in [0.1, 0.15) is 18.4 Å². The molecule has 2 heteroatoms. The van der Waals surface area contributed by atoms with E-state index in [-0.39, 0.29) is 0 Å². The molecule has 0 spiro atoms. The van der Waals surface area contributed by atoms with E-state index in [0.717, 1.165) is 17.5 Å². The average molecular weight is 351 g/mol. The van der Waals surface area contributed by atoms with E-state index in [4.69, 9.17) is 0 Å². The van der Waals surface area contributed by atoms with Gasteiger partial charge in [-0.05, 0) is 37.4 Å². The minimum absolute atomic E-state index is 0.596. The molecule has 4 atom stereocenters. The topological polar surface area (TPSA) is 3.24 Å². The van der Waals surface area contributed by atoms with Crippen LogP contribution in [0.15, 0.2) is 30.3 Å². The average Bonchev–Trinajstić information content (AvgIpc) is 2.46. The predicted molar refractivity (Wildman–Crippen MR) is 83.8 cm³/mol. The maximum Gasteiger partial charge on any atom is 0.0363 e. The van der Waals surface area contributed by atoms with Gasteiger partial charge in [0.05, 0.1) is 0 Å². The van der Waals surface area contributed by atoms with Gasteiger partial charge in [0.25, 0.3) is 0 Å². The zero-order chi connectivity index (χ0) is 12.4. The van der Waals surface area contributed by atoms with Crippen LogP contribution < -0.4 is 0 Å². The van der Waals surface area contributed by atoms with E-state index in [0.29, 0.717) is 5.92 Å². The van der Waals surface area contributed by atoms with E-state index in [1.165, 1.54) is 30.4 Å². The Labute approximate surface area is 123 Å². The third kappa shape index (κ3) is 2.57. The van der Waals surface area contributed by atoms with Crippen LogP contribution in [-0.2, 0) is 0 Å². The van der Waals surface area contributed by atoms with E-state index in [2.05, 4.69) is 63.6 Å². The van der Waals surface area contributed by atoms with Crippen molar-refractivity contribution in [2.24, 2.45) is 11.8 Å². The Bertz CT molecular complexity index is 459. The maximum atomic E-state index is 3.52. The van der Waals surface area contributed by atoms with Crippen LogP contribution in [0, 0.1) is 23.7 Å². The normalized spacial score (nSPS) is 33.8. The molecule has 1 aromatic carbocycles. The number of nitrogens with zero attached hydrogens (tertiary/aromatic N) is 1. The first-order valence-electron chi connectivity index (χ1n) is 6.73. The third-order valence-electron chi connectivity index (χ3n) is 4.23. The highest BCUT2D eigenvalue weighted by Crippen LogP contribution is 2.36. The second-order valence-corrected chi connectivity index (χ2v) is 6.21. The van der Waals surface area contributed by atoms with Crippen molar-refractivity contribution in [2.45, 2.75) is 18.9 Å². The fourth-order valence-corrected chi connectivity index (χ4v) is 4.08. The SMILES string of the molecule is IC[C@@H]1C[C@@H]2CCN1C[C@@H]2C#Cc1ccccc1. The lowest BCUT2D eigenvalue weighted by Gasteiger charge is -2.48. The lowest BCUT2D eigenvalue weighted by atomic mass is 9.76. The van der Waals surface area contributed by atoms with Crippen LogP contribution in [0.5, 0.6) is 0 Å². The predicted octanol–water partition coefficient (Wildman–Crippen LogP) is 3.18. The van der Waals surface area contributed by atoms with Crippen molar-refractivity contribution in [1.29, 1.82) is 0 Å². The molecule has 3 aliphatic rings. The fourth-order valence-electron chi connectivity index (χ4n) is 3.16. The highest BCUT2D eigenvalue weighted by atomic mass is 127. The first kappa shape index (κ1) is 12.5. The summed E-state index contributed by atoms with van der Waals surface area (Å²) >= 11 is 2.53. The van der Waals surface area contributed by atoms with Crippen molar-refractivity contribution < 1.29 is 0 Å². The summed E-state index contributed by atoms with van der Waals surface area (Å²) in [6.45, 7) is 2.49. The first-order chi connectivity index (χ1) is 8.86. The summed E-state index contributed by atoms with van der Waals surface area (Å²) in [5, 5.41) is 0. The molecule has 1 aromatic rings. The first-order valence-corrected chi connectivity index (χ1v) is 8.26. The Balaban J connectivity index is 1.71. The third-order valence-corrected chi connectivity index (χ3v) is 5.25. The van der Waals surface area contributed by atoms with Gasteiger partial charge in [0, 0.05) is 28.5 Å². The van der Waals surface area contributed by atoms with E-state index in [1.54, 1.807) is 0 Å². The number of halogens is 1. The molecule has 0 aliphatic carbocycles. The van der Waals surface area contributed by atoms with Gasteiger partial charge in [0.2, 0.25) is 0 Å². The second-order valence-electron chi connectivity index (χ2n) is 5.33. The summed E-state index contributed by atoms with van der Waals surface area (Å²) in [5.41, 5.74) is 1.15. The standard InChI is InChI=1S/C16H18IN/c17-11-16-10-14-8-9-18(16)12-15(14)7-6-13-4-2-1-3-5-13/h1-5,14-16H,8-12H2/t14-,15-,16-/m0/s1. The number of rotatable bonds is 1. The van der Waals surface area contributed by atoms with Gasteiger partial charge in [0.1, 0.15) is 0 Å².